The van der Waals surface area contributed by atoms with Gasteiger partial charge in [0.1, 0.15) is 11.9 Å². The fourth-order valence-corrected chi connectivity index (χ4v) is 1.98. The van der Waals surface area contributed by atoms with Crippen LogP contribution in [0.15, 0.2) is 18.2 Å². The van der Waals surface area contributed by atoms with E-state index >= 15 is 0 Å². The average molecular weight is 274 g/mol. The van der Waals surface area contributed by atoms with Crippen LogP contribution in [-0.2, 0) is 12.7 Å². The first-order valence-electron chi connectivity index (χ1n) is 5.71. The summed E-state index contributed by atoms with van der Waals surface area (Å²) in [6.45, 7) is 1.45. The van der Waals surface area contributed by atoms with Gasteiger partial charge in [-0.3, -0.25) is 0 Å². The van der Waals surface area contributed by atoms with E-state index in [9.17, 15) is 18.3 Å². The van der Waals surface area contributed by atoms with Crippen LogP contribution in [0.4, 0.5) is 13.2 Å². The van der Waals surface area contributed by atoms with Crippen molar-refractivity contribution in [3.63, 3.8) is 0 Å². The fourth-order valence-electron chi connectivity index (χ4n) is 1.98. The molecule has 1 atom stereocenters. The van der Waals surface area contributed by atoms with E-state index in [0.29, 0.717) is 5.52 Å². The van der Waals surface area contributed by atoms with Gasteiger partial charge in [0.2, 0.25) is 0 Å². The number of hydrogen-bond acceptors (Lipinski definition) is 3. The molecule has 2 rings (SSSR count). The van der Waals surface area contributed by atoms with Gasteiger partial charge in [-0.2, -0.15) is 13.2 Å². The van der Waals surface area contributed by atoms with Gasteiger partial charge in [-0.05, 0) is 25.1 Å². The lowest BCUT2D eigenvalue weighted by Crippen LogP contribution is -2.09. The molecule has 0 aliphatic carbocycles. The number of alkyl halides is 3. The summed E-state index contributed by atoms with van der Waals surface area (Å²) < 4.78 is 39.3. The predicted molar refractivity (Wildman–Crippen MR) is 62.5 cm³/mol. The monoisotopic (exact) mass is 274 g/mol. The molecule has 4 nitrogen and oxygen atoms in total. The van der Waals surface area contributed by atoms with Crippen LogP contribution in [0.2, 0.25) is 0 Å². The molecule has 0 aliphatic heterocycles. The molecule has 1 heterocycles. The third kappa shape index (κ3) is 2.57. The van der Waals surface area contributed by atoms with Gasteiger partial charge in [0, 0.05) is 6.54 Å². The van der Waals surface area contributed by atoms with Crippen molar-refractivity contribution in [1.82, 2.24) is 9.55 Å². The third-order valence-electron chi connectivity index (χ3n) is 2.80. The summed E-state index contributed by atoms with van der Waals surface area (Å²) >= 11 is 0. The molecule has 0 radical (unpaired) electrons. The standard InChI is InChI=1S/C12H13F3N2O2/c1-7(19)11-16-9-6-8(12(13,14)15)2-3-10(9)17(11)4-5-18/h2-3,6-7,18-19H,4-5H2,1H3. The second-order valence-corrected chi connectivity index (χ2v) is 4.22. The molecule has 0 amide bonds. The molecular weight excluding hydrogens is 261 g/mol. The van der Waals surface area contributed by atoms with E-state index < -0.39 is 17.8 Å². The second-order valence-electron chi connectivity index (χ2n) is 4.22. The zero-order valence-electron chi connectivity index (χ0n) is 10.1. The highest BCUT2D eigenvalue weighted by atomic mass is 19.4. The smallest absolute Gasteiger partial charge is 0.395 e. The van der Waals surface area contributed by atoms with Crippen LogP contribution in [0.5, 0.6) is 0 Å². The molecule has 1 aromatic carbocycles. The Morgan fingerprint density at radius 2 is 2.05 bits per heavy atom. The maximum atomic E-state index is 12.6. The number of imidazole rings is 1. The van der Waals surface area contributed by atoms with Crippen LogP contribution in [0.1, 0.15) is 24.4 Å². The number of benzene rings is 1. The van der Waals surface area contributed by atoms with Crippen molar-refractivity contribution in [3.05, 3.63) is 29.6 Å². The van der Waals surface area contributed by atoms with Crippen molar-refractivity contribution in [3.8, 4) is 0 Å². The number of aliphatic hydroxyl groups excluding tert-OH is 2. The molecule has 2 aromatic rings. The van der Waals surface area contributed by atoms with E-state index in [2.05, 4.69) is 4.98 Å². The van der Waals surface area contributed by atoms with Crippen molar-refractivity contribution in [1.29, 1.82) is 0 Å². The van der Waals surface area contributed by atoms with Gasteiger partial charge in [0.25, 0.3) is 0 Å². The zero-order chi connectivity index (χ0) is 14.2. The van der Waals surface area contributed by atoms with Crippen molar-refractivity contribution in [2.45, 2.75) is 25.7 Å². The minimum absolute atomic E-state index is 0.152. The maximum absolute atomic E-state index is 12.6. The van der Waals surface area contributed by atoms with Gasteiger partial charge in [-0.15, -0.1) is 0 Å². The van der Waals surface area contributed by atoms with E-state index in [1.807, 2.05) is 0 Å². The van der Waals surface area contributed by atoms with Crippen molar-refractivity contribution in [2.24, 2.45) is 0 Å². The summed E-state index contributed by atoms with van der Waals surface area (Å²) in [5.74, 6) is 0.239. The van der Waals surface area contributed by atoms with Gasteiger partial charge in [0.05, 0.1) is 23.2 Å². The number of nitrogens with zero attached hydrogens (tertiary/aromatic N) is 2. The number of fused-ring (bicyclic) bond motifs is 1. The van der Waals surface area contributed by atoms with Crippen LogP contribution in [-0.4, -0.2) is 26.4 Å². The Kier molecular flexibility index (Phi) is 3.51. The van der Waals surface area contributed by atoms with Gasteiger partial charge >= 0.3 is 6.18 Å². The lowest BCUT2D eigenvalue weighted by atomic mass is 10.2. The lowest BCUT2D eigenvalue weighted by Gasteiger charge is -2.09. The molecule has 0 aliphatic rings. The van der Waals surface area contributed by atoms with Crippen LogP contribution < -0.4 is 0 Å². The summed E-state index contributed by atoms with van der Waals surface area (Å²) in [7, 11) is 0. The highest BCUT2D eigenvalue weighted by molar-refractivity contribution is 5.77. The largest absolute Gasteiger partial charge is 0.416 e. The molecule has 104 valence electrons. The Morgan fingerprint density at radius 1 is 1.37 bits per heavy atom. The summed E-state index contributed by atoms with van der Waals surface area (Å²) in [6, 6.07) is 3.20. The Labute approximate surface area is 107 Å². The Hall–Kier alpha value is -1.60. The van der Waals surface area contributed by atoms with Gasteiger partial charge in [-0.1, -0.05) is 0 Å². The van der Waals surface area contributed by atoms with Gasteiger partial charge in [-0.25, -0.2) is 4.98 Å². The molecule has 19 heavy (non-hydrogen) atoms. The summed E-state index contributed by atoms with van der Waals surface area (Å²) in [5, 5.41) is 18.6. The van der Waals surface area contributed by atoms with Crippen molar-refractivity contribution < 1.29 is 23.4 Å². The molecule has 2 N–H and O–H groups in total. The molecule has 0 bridgehead atoms. The number of hydrogen-bond donors (Lipinski definition) is 2. The van der Waals surface area contributed by atoms with E-state index in [1.54, 1.807) is 0 Å². The maximum Gasteiger partial charge on any atom is 0.416 e. The molecule has 0 spiro atoms. The normalized spacial score (nSPS) is 14.0. The minimum atomic E-state index is -4.43. The number of halogens is 3. The highest BCUT2D eigenvalue weighted by Gasteiger charge is 2.31. The number of rotatable bonds is 3. The second kappa shape index (κ2) is 4.82. The molecule has 7 heteroatoms. The molecular formula is C12H13F3N2O2. The van der Waals surface area contributed by atoms with Crippen molar-refractivity contribution >= 4 is 11.0 Å². The predicted octanol–water partition coefficient (Wildman–Crippen LogP) is 2.10. The van der Waals surface area contributed by atoms with E-state index in [-0.39, 0.29) is 24.5 Å². The Morgan fingerprint density at radius 3 is 2.58 bits per heavy atom. The first kappa shape index (κ1) is 13.8. The van der Waals surface area contributed by atoms with Crippen LogP contribution in [0.25, 0.3) is 11.0 Å². The third-order valence-corrected chi connectivity index (χ3v) is 2.80. The van der Waals surface area contributed by atoms with E-state index in [0.717, 1.165) is 12.1 Å². The number of aromatic nitrogens is 2. The highest BCUT2D eigenvalue weighted by Crippen LogP contribution is 2.32. The first-order valence-corrected chi connectivity index (χ1v) is 5.71. The molecule has 1 aromatic heterocycles. The average Bonchev–Trinajstić information content (AvgIpc) is 2.67. The molecule has 0 fully saturated rings. The lowest BCUT2D eigenvalue weighted by molar-refractivity contribution is -0.137. The van der Waals surface area contributed by atoms with Crippen molar-refractivity contribution in [2.75, 3.05) is 6.61 Å². The van der Waals surface area contributed by atoms with Gasteiger partial charge < -0.3 is 14.8 Å². The topological polar surface area (TPSA) is 58.3 Å². The molecule has 1 unspecified atom stereocenters. The van der Waals surface area contributed by atoms with Gasteiger partial charge in [0.15, 0.2) is 0 Å². The van der Waals surface area contributed by atoms with E-state index in [4.69, 9.17) is 5.11 Å². The SMILES string of the molecule is CC(O)c1nc2cc(C(F)(F)F)ccc2n1CCO. The van der Waals surface area contributed by atoms with E-state index in [1.165, 1.54) is 17.6 Å². The quantitative estimate of drug-likeness (QED) is 0.901. The Bertz CT molecular complexity index is 590. The Balaban J connectivity index is 2.62. The summed E-state index contributed by atoms with van der Waals surface area (Å²) in [5.41, 5.74) is -0.178. The number of aliphatic hydroxyl groups is 2. The molecule has 0 saturated carbocycles. The summed E-state index contributed by atoms with van der Waals surface area (Å²) in [4.78, 5) is 4.01. The zero-order valence-corrected chi connectivity index (χ0v) is 10.1. The first-order chi connectivity index (χ1) is 8.84. The van der Waals surface area contributed by atoms with Crippen LogP contribution in [0, 0.1) is 0 Å². The fraction of sp³-hybridized carbons (Fsp3) is 0.417. The molecule has 0 saturated heterocycles. The van der Waals surface area contributed by atoms with Crippen LogP contribution in [0.3, 0.4) is 0 Å². The minimum Gasteiger partial charge on any atom is -0.395 e. The van der Waals surface area contributed by atoms with Crippen LogP contribution >= 0.6 is 0 Å². The summed E-state index contributed by atoms with van der Waals surface area (Å²) in [6.07, 6.45) is -5.35.